The van der Waals surface area contributed by atoms with Gasteiger partial charge >= 0.3 is 0 Å². The monoisotopic (exact) mass is 1320 g/mol. The van der Waals surface area contributed by atoms with Gasteiger partial charge in [-0.1, -0.05) is 257 Å². The van der Waals surface area contributed by atoms with Crippen LogP contribution in [-0.4, -0.2) is 48.2 Å². The first-order valence-corrected chi connectivity index (χ1v) is 36.9. The zero-order valence-electron chi connectivity index (χ0n) is 69.7. The van der Waals surface area contributed by atoms with Crippen LogP contribution in [0.4, 0.5) is 0 Å². The molecule has 2 atom stereocenters. The molecule has 8 nitrogen and oxygen atoms in total. The Morgan fingerprint density at radius 3 is 0.989 bits per heavy atom. The van der Waals surface area contributed by atoms with Crippen LogP contribution in [0.25, 0.3) is 0 Å². The first-order valence-electron chi connectivity index (χ1n) is 36.9. The van der Waals surface area contributed by atoms with Gasteiger partial charge in [0.1, 0.15) is 0 Å². The minimum atomic E-state index is 0.0367. The third-order valence-electron chi connectivity index (χ3n) is 14.1. The van der Waals surface area contributed by atoms with Gasteiger partial charge in [-0.25, -0.2) is 0 Å². The highest BCUT2D eigenvalue weighted by Gasteiger charge is 2.28. The number of nitrogens with one attached hydrogen (secondary N) is 2. The molecule has 2 saturated carbocycles. The van der Waals surface area contributed by atoms with Crippen molar-refractivity contribution in [2.75, 3.05) is 0 Å². The Kier molecular flexibility index (Phi) is 56.9. The molecule has 8 rings (SSSR count). The maximum Gasteiger partial charge on any atom is 0.0602 e. The lowest BCUT2D eigenvalue weighted by atomic mass is 9.80. The van der Waals surface area contributed by atoms with Crippen LogP contribution in [-0.2, 0) is 31.8 Å². The summed E-state index contributed by atoms with van der Waals surface area (Å²) in [7, 11) is 0. The normalized spacial score (nSPS) is 13.8. The molecule has 0 amide bonds. The summed E-state index contributed by atoms with van der Waals surface area (Å²) in [5.41, 5.74) is 10.1. The van der Waals surface area contributed by atoms with Gasteiger partial charge in [0.25, 0.3) is 0 Å². The van der Waals surface area contributed by atoms with E-state index in [-0.39, 0.29) is 43.6 Å². The zero-order valence-corrected chi connectivity index (χ0v) is 69.7. The minimum absolute atomic E-state index is 0.0367. The van der Waals surface area contributed by atoms with E-state index in [0.717, 1.165) is 28.9 Å². The average molecular weight is 1320 g/mol. The Morgan fingerprint density at radius 1 is 0.421 bits per heavy atom. The summed E-state index contributed by atoms with van der Waals surface area (Å²) in [6.45, 7) is 84.8. The smallest absolute Gasteiger partial charge is 0.0602 e. The molecule has 2 fully saturated rings. The van der Waals surface area contributed by atoms with E-state index in [2.05, 4.69) is 265 Å². The quantitative estimate of drug-likeness (QED) is 0.184. The molecule has 95 heavy (non-hydrogen) atoms. The number of ether oxygens (including phenoxy) is 1. The second-order valence-corrected chi connectivity index (χ2v) is 30.7. The van der Waals surface area contributed by atoms with Gasteiger partial charge in [-0.05, 0) is 191 Å². The van der Waals surface area contributed by atoms with Crippen molar-refractivity contribution in [2.45, 2.75) is 352 Å². The van der Waals surface area contributed by atoms with Gasteiger partial charge in [0.15, 0.2) is 0 Å². The number of rotatable bonds is 4. The van der Waals surface area contributed by atoms with Gasteiger partial charge in [0.05, 0.1) is 11.7 Å². The van der Waals surface area contributed by atoms with Crippen molar-refractivity contribution in [1.29, 1.82) is 0 Å². The van der Waals surface area contributed by atoms with Crippen molar-refractivity contribution >= 4 is 0 Å². The molecule has 2 N–H and O–H groups in total. The Labute approximate surface area is 593 Å². The number of nitrogens with zero attached hydrogens (tertiary/aromatic N) is 5. The predicted octanol–water partition coefficient (Wildman–Crippen LogP) is 26.2. The van der Waals surface area contributed by atoms with Gasteiger partial charge < -0.3 is 15.4 Å². The molecule has 0 aromatic carbocycles. The average Bonchev–Trinajstić information content (AvgIpc) is 0.948. The maximum atomic E-state index is 5.84. The number of dihydropyridines is 1. The third kappa shape index (κ3) is 53.4. The molecule has 6 heterocycles. The SMILES string of the molecule is C=C1NC=CC=C1C(C)(C)C.CC.CC.CC.CC.CC.CC.CC(C)(C)c1ccccn1.CC(C)(C)c1ccccn1.CC(C)(C)c1cccnc1.CC(C)(C)c1cccnc1.CC(C)(C)c1ccncc1.CC(NC(C)(C)C)C1CCC1.CC(OC(C)(C)C)C1CCC1. The highest BCUT2D eigenvalue weighted by molar-refractivity contribution is 5.38. The molecular formula is C87H157N7O. The van der Waals surface area contributed by atoms with E-state index >= 15 is 0 Å². The second kappa shape index (κ2) is 53.7. The Bertz CT molecular complexity index is 2210. The van der Waals surface area contributed by atoms with Crippen molar-refractivity contribution in [3.8, 4) is 0 Å². The fourth-order valence-electron chi connectivity index (χ4n) is 8.56. The summed E-state index contributed by atoms with van der Waals surface area (Å²) >= 11 is 0. The van der Waals surface area contributed by atoms with E-state index in [4.69, 9.17) is 4.74 Å². The third-order valence-corrected chi connectivity index (χ3v) is 14.1. The summed E-state index contributed by atoms with van der Waals surface area (Å²) in [6.07, 6.45) is 29.7. The van der Waals surface area contributed by atoms with Crippen molar-refractivity contribution in [3.63, 3.8) is 0 Å². The van der Waals surface area contributed by atoms with Crippen LogP contribution in [0.15, 0.2) is 159 Å². The van der Waals surface area contributed by atoms with Gasteiger partial charge in [-0.3, -0.25) is 24.9 Å². The van der Waals surface area contributed by atoms with E-state index in [0.29, 0.717) is 12.1 Å². The fraction of sp³-hybridized carbons (Fsp3) is 0.644. The van der Waals surface area contributed by atoms with Crippen LogP contribution in [0.5, 0.6) is 0 Å². The molecule has 2 unspecified atom stereocenters. The van der Waals surface area contributed by atoms with Crippen molar-refractivity contribution in [2.24, 2.45) is 17.3 Å². The van der Waals surface area contributed by atoms with Crippen LogP contribution in [0, 0.1) is 17.3 Å². The highest BCUT2D eigenvalue weighted by atomic mass is 16.5. The molecule has 546 valence electrons. The number of allylic oxidation sites excluding steroid dienone is 3. The molecule has 8 heteroatoms. The molecule has 0 bridgehead atoms. The van der Waals surface area contributed by atoms with Gasteiger partial charge in [0.2, 0.25) is 0 Å². The summed E-state index contributed by atoms with van der Waals surface area (Å²) in [5, 5.41) is 6.72. The van der Waals surface area contributed by atoms with Crippen LogP contribution < -0.4 is 10.6 Å². The second-order valence-electron chi connectivity index (χ2n) is 30.7. The molecule has 5 aromatic rings. The topological polar surface area (TPSA) is 97.7 Å². The number of hydrogen-bond donors (Lipinski definition) is 2. The lowest BCUT2D eigenvalue weighted by Crippen LogP contribution is -2.47. The van der Waals surface area contributed by atoms with E-state index in [1.54, 1.807) is 12.4 Å². The van der Waals surface area contributed by atoms with E-state index in [9.17, 15) is 0 Å². The summed E-state index contributed by atoms with van der Waals surface area (Å²) in [6, 6.07) is 25.0. The molecule has 3 aliphatic rings. The van der Waals surface area contributed by atoms with Crippen LogP contribution in [0.2, 0.25) is 0 Å². The van der Waals surface area contributed by atoms with Crippen molar-refractivity contribution < 1.29 is 4.74 Å². The molecule has 0 saturated heterocycles. The van der Waals surface area contributed by atoms with Crippen molar-refractivity contribution in [1.82, 2.24) is 35.6 Å². The summed E-state index contributed by atoms with van der Waals surface area (Å²) < 4.78 is 5.84. The number of pyridine rings is 5. The largest absolute Gasteiger partial charge is 0.373 e. The predicted molar refractivity (Wildman–Crippen MR) is 429 cm³/mol. The molecule has 0 radical (unpaired) electrons. The van der Waals surface area contributed by atoms with E-state index < -0.39 is 0 Å². The first-order chi connectivity index (χ1) is 44.0. The van der Waals surface area contributed by atoms with Crippen molar-refractivity contribution in [3.05, 3.63) is 187 Å². The van der Waals surface area contributed by atoms with E-state index in [1.165, 1.54) is 60.8 Å². The Balaban J connectivity index is -0.000000233. The molecule has 5 aromatic heterocycles. The summed E-state index contributed by atoms with van der Waals surface area (Å²) in [5.74, 6) is 1.79. The van der Waals surface area contributed by atoms with E-state index in [1.807, 2.05) is 169 Å². The van der Waals surface area contributed by atoms with Gasteiger partial charge in [-0.2, -0.15) is 0 Å². The zero-order chi connectivity index (χ0) is 75.5. The van der Waals surface area contributed by atoms with Gasteiger partial charge in [0, 0.05) is 95.3 Å². The number of hydrogen-bond acceptors (Lipinski definition) is 8. The standard InChI is InChI=1S/C10H15N.C10H21N.C10H20O.5C9H13N.6C2H6/c1-8-9(10(2,3)4)6-5-7-11-8;2*1-8(9-6-5-7-9)11-10(2,3)4;1-9(2,3)8-4-6-10-7-5-8;2*1-9(2,3)8-5-4-6-10-7-8;2*1-9(2,3)8-6-4-5-7-10-8;6*1-2/h5-7,11H,1H2,2-4H3;8-9,11H,5-7H2,1-4H3;8-9H,5-7H2,1-4H3;5*4-7H,1-3H3;6*1-2H3. The Hall–Kier alpha value is -5.31. The lowest BCUT2D eigenvalue weighted by molar-refractivity contribution is -0.0899. The lowest BCUT2D eigenvalue weighted by Gasteiger charge is -2.36. The molecule has 1 aliphatic heterocycles. The molecule has 2 aliphatic carbocycles. The van der Waals surface area contributed by atoms with Crippen LogP contribution in [0.1, 0.15) is 330 Å². The fourth-order valence-corrected chi connectivity index (χ4v) is 8.56. The van der Waals surface area contributed by atoms with Gasteiger partial charge in [-0.15, -0.1) is 0 Å². The minimum Gasteiger partial charge on any atom is -0.373 e. The Morgan fingerprint density at radius 2 is 0.789 bits per heavy atom. The number of aromatic nitrogens is 5. The summed E-state index contributed by atoms with van der Waals surface area (Å²) in [4.78, 5) is 20.6. The maximum absolute atomic E-state index is 5.84. The van der Waals surface area contributed by atoms with Crippen LogP contribution in [0.3, 0.4) is 0 Å². The molecule has 0 spiro atoms. The molecular weight excluding hydrogens is 1160 g/mol. The van der Waals surface area contributed by atoms with Crippen LogP contribution >= 0.6 is 0 Å². The highest BCUT2D eigenvalue weighted by Crippen LogP contribution is 2.34. The first kappa shape index (κ1) is 101.